The van der Waals surface area contributed by atoms with Crippen molar-refractivity contribution in [3.63, 3.8) is 0 Å². The predicted octanol–water partition coefficient (Wildman–Crippen LogP) is 3.79. The van der Waals surface area contributed by atoms with Gasteiger partial charge in [-0.15, -0.1) is 0 Å². The van der Waals surface area contributed by atoms with Gasteiger partial charge in [-0.2, -0.15) is 0 Å². The third-order valence-corrected chi connectivity index (χ3v) is 3.47. The van der Waals surface area contributed by atoms with Gasteiger partial charge in [0.15, 0.2) is 0 Å². The van der Waals surface area contributed by atoms with Crippen LogP contribution in [0.1, 0.15) is 11.1 Å². The number of ether oxygens (including phenoxy) is 1. The van der Waals surface area contributed by atoms with E-state index in [0.717, 1.165) is 28.0 Å². The van der Waals surface area contributed by atoms with Gasteiger partial charge in [-0.3, -0.25) is 4.98 Å². The van der Waals surface area contributed by atoms with Gasteiger partial charge in [-0.1, -0.05) is 48.5 Å². The Morgan fingerprint density at radius 3 is 2.45 bits per heavy atom. The molecule has 0 aliphatic heterocycles. The Labute approximate surface area is 130 Å². The molecule has 3 nitrogen and oxygen atoms in total. The van der Waals surface area contributed by atoms with Gasteiger partial charge < -0.3 is 10.5 Å². The minimum Gasteiger partial charge on any atom is -0.488 e. The van der Waals surface area contributed by atoms with Gasteiger partial charge in [-0.05, 0) is 23.3 Å². The van der Waals surface area contributed by atoms with Crippen LogP contribution < -0.4 is 10.5 Å². The fourth-order valence-corrected chi connectivity index (χ4v) is 2.31. The van der Waals surface area contributed by atoms with E-state index in [2.05, 4.69) is 23.2 Å². The average molecular weight is 290 g/mol. The summed E-state index contributed by atoms with van der Waals surface area (Å²) in [5.74, 6) is 0.849. The van der Waals surface area contributed by atoms with Crippen LogP contribution in [0.2, 0.25) is 0 Å². The van der Waals surface area contributed by atoms with Crippen LogP contribution in [0.3, 0.4) is 0 Å². The Balaban J connectivity index is 1.86. The van der Waals surface area contributed by atoms with Gasteiger partial charge in [-0.25, -0.2) is 0 Å². The Kier molecular flexibility index (Phi) is 4.47. The fourth-order valence-electron chi connectivity index (χ4n) is 2.31. The lowest BCUT2D eigenvalue weighted by Gasteiger charge is -2.12. The van der Waals surface area contributed by atoms with Crippen molar-refractivity contribution in [2.45, 2.75) is 13.2 Å². The molecule has 1 heterocycles. The second-order valence-electron chi connectivity index (χ2n) is 5.06. The summed E-state index contributed by atoms with van der Waals surface area (Å²) in [6.07, 6.45) is 3.63. The van der Waals surface area contributed by atoms with E-state index in [4.69, 9.17) is 10.5 Å². The molecule has 0 atom stereocenters. The molecule has 1 aromatic heterocycles. The van der Waals surface area contributed by atoms with Crippen LogP contribution >= 0.6 is 0 Å². The van der Waals surface area contributed by atoms with E-state index < -0.39 is 0 Å². The molecule has 0 aliphatic rings. The number of hydrogen-bond acceptors (Lipinski definition) is 3. The first-order chi connectivity index (χ1) is 10.9. The van der Waals surface area contributed by atoms with E-state index in [1.165, 1.54) is 0 Å². The highest BCUT2D eigenvalue weighted by Gasteiger charge is 2.07. The molecule has 0 saturated heterocycles. The van der Waals surface area contributed by atoms with E-state index in [1.54, 1.807) is 6.20 Å². The lowest BCUT2D eigenvalue weighted by Crippen LogP contribution is -1.99. The van der Waals surface area contributed by atoms with E-state index in [1.807, 2.05) is 48.7 Å². The molecule has 0 aliphatic carbocycles. The number of rotatable bonds is 5. The minimum absolute atomic E-state index is 0.480. The lowest BCUT2D eigenvalue weighted by molar-refractivity contribution is 0.307. The Morgan fingerprint density at radius 2 is 1.64 bits per heavy atom. The summed E-state index contributed by atoms with van der Waals surface area (Å²) in [6, 6.07) is 20.2. The summed E-state index contributed by atoms with van der Waals surface area (Å²) in [7, 11) is 0. The number of para-hydroxylation sites is 1. The van der Waals surface area contributed by atoms with Crippen LogP contribution in [-0.2, 0) is 13.2 Å². The van der Waals surface area contributed by atoms with Gasteiger partial charge in [0.1, 0.15) is 12.4 Å². The molecule has 0 unspecified atom stereocenters. The zero-order valence-corrected chi connectivity index (χ0v) is 12.3. The van der Waals surface area contributed by atoms with Gasteiger partial charge in [0.05, 0.1) is 0 Å². The zero-order valence-electron chi connectivity index (χ0n) is 12.3. The van der Waals surface area contributed by atoms with Crippen molar-refractivity contribution in [3.8, 4) is 16.9 Å². The SMILES string of the molecule is NCc1cncc(-c2ccccc2OCc2ccccc2)c1. The third-order valence-electron chi connectivity index (χ3n) is 3.47. The average Bonchev–Trinajstić information content (AvgIpc) is 2.61. The molecule has 110 valence electrons. The van der Waals surface area contributed by atoms with E-state index >= 15 is 0 Å². The minimum atomic E-state index is 0.480. The maximum atomic E-state index is 5.99. The van der Waals surface area contributed by atoms with E-state index in [9.17, 15) is 0 Å². The number of hydrogen-bond donors (Lipinski definition) is 1. The monoisotopic (exact) mass is 290 g/mol. The highest BCUT2D eigenvalue weighted by atomic mass is 16.5. The van der Waals surface area contributed by atoms with E-state index in [0.29, 0.717) is 13.2 Å². The van der Waals surface area contributed by atoms with Gasteiger partial charge in [0.25, 0.3) is 0 Å². The van der Waals surface area contributed by atoms with Crippen LogP contribution in [0.4, 0.5) is 0 Å². The first-order valence-electron chi connectivity index (χ1n) is 7.27. The third kappa shape index (κ3) is 3.32. The van der Waals surface area contributed by atoms with Crippen LogP contribution in [0.15, 0.2) is 73.1 Å². The predicted molar refractivity (Wildman–Crippen MR) is 88.3 cm³/mol. The normalized spacial score (nSPS) is 10.4. The van der Waals surface area contributed by atoms with E-state index in [-0.39, 0.29) is 0 Å². The molecular formula is C19H18N2O. The quantitative estimate of drug-likeness (QED) is 0.777. The number of benzene rings is 2. The topological polar surface area (TPSA) is 48.1 Å². The zero-order chi connectivity index (χ0) is 15.2. The van der Waals surface area contributed by atoms with Crippen molar-refractivity contribution in [2.24, 2.45) is 5.73 Å². The Bertz CT molecular complexity index is 741. The molecule has 0 spiro atoms. The summed E-state index contributed by atoms with van der Waals surface area (Å²) < 4.78 is 5.99. The molecule has 0 amide bonds. The summed E-state index contributed by atoms with van der Waals surface area (Å²) in [5, 5.41) is 0. The smallest absolute Gasteiger partial charge is 0.127 e. The van der Waals surface area contributed by atoms with Crippen molar-refractivity contribution in [1.82, 2.24) is 4.98 Å². The highest BCUT2D eigenvalue weighted by molar-refractivity contribution is 5.70. The largest absolute Gasteiger partial charge is 0.488 e. The molecule has 22 heavy (non-hydrogen) atoms. The molecule has 2 N–H and O–H groups in total. The molecular weight excluding hydrogens is 272 g/mol. The second kappa shape index (κ2) is 6.87. The highest BCUT2D eigenvalue weighted by Crippen LogP contribution is 2.30. The lowest BCUT2D eigenvalue weighted by atomic mass is 10.0. The second-order valence-corrected chi connectivity index (χ2v) is 5.06. The summed E-state index contributed by atoms with van der Waals surface area (Å²) in [5.41, 5.74) is 9.90. The standard InChI is InChI=1S/C19H18N2O/c20-11-16-10-17(13-21-12-16)18-8-4-5-9-19(18)22-14-15-6-2-1-3-7-15/h1-10,12-13H,11,14,20H2. The van der Waals surface area contributed by atoms with Crippen LogP contribution in [-0.4, -0.2) is 4.98 Å². The summed E-state index contributed by atoms with van der Waals surface area (Å²) >= 11 is 0. The fraction of sp³-hybridized carbons (Fsp3) is 0.105. The van der Waals surface area contributed by atoms with Crippen molar-refractivity contribution < 1.29 is 4.74 Å². The van der Waals surface area contributed by atoms with Crippen molar-refractivity contribution in [3.05, 3.63) is 84.2 Å². The Hall–Kier alpha value is -2.65. The van der Waals surface area contributed by atoms with Gasteiger partial charge >= 0.3 is 0 Å². The first kappa shape index (κ1) is 14.3. The molecule has 3 rings (SSSR count). The molecule has 3 heteroatoms. The van der Waals surface area contributed by atoms with Crippen LogP contribution in [0.25, 0.3) is 11.1 Å². The molecule has 2 aromatic carbocycles. The van der Waals surface area contributed by atoms with Crippen molar-refractivity contribution in [2.75, 3.05) is 0 Å². The number of nitrogens with zero attached hydrogens (tertiary/aromatic N) is 1. The Morgan fingerprint density at radius 1 is 0.864 bits per heavy atom. The van der Waals surface area contributed by atoms with Crippen LogP contribution in [0, 0.1) is 0 Å². The molecule has 3 aromatic rings. The number of nitrogens with two attached hydrogens (primary N) is 1. The molecule has 0 radical (unpaired) electrons. The molecule has 0 fully saturated rings. The summed E-state index contributed by atoms with van der Waals surface area (Å²) in [6.45, 7) is 1.02. The van der Waals surface area contributed by atoms with Crippen molar-refractivity contribution >= 4 is 0 Å². The maximum absolute atomic E-state index is 5.99. The first-order valence-corrected chi connectivity index (χ1v) is 7.27. The number of aromatic nitrogens is 1. The van der Waals surface area contributed by atoms with Crippen LogP contribution in [0.5, 0.6) is 5.75 Å². The number of pyridine rings is 1. The molecule has 0 bridgehead atoms. The van der Waals surface area contributed by atoms with Gasteiger partial charge in [0, 0.05) is 30.1 Å². The maximum Gasteiger partial charge on any atom is 0.127 e. The van der Waals surface area contributed by atoms with Crippen molar-refractivity contribution in [1.29, 1.82) is 0 Å². The van der Waals surface area contributed by atoms with Gasteiger partial charge in [0.2, 0.25) is 0 Å². The molecule has 0 saturated carbocycles. The summed E-state index contributed by atoms with van der Waals surface area (Å²) in [4.78, 5) is 4.26.